The zero-order valence-corrected chi connectivity index (χ0v) is 17.6. The third-order valence-corrected chi connectivity index (χ3v) is 4.96. The van der Waals surface area contributed by atoms with Crippen LogP contribution in [0.4, 0.5) is 10.1 Å². The molecule has 3 aromatic rings. The molecule has 0 aliphatic rings. The van der Waals surface area contributed by atoms with Gasteiger partial charge in [0.2, 0.25) is 5.91 Å². The number of pyridine rings is 1. The molecular weight excluding hydrogens is 393 g/mol. The molecule has 0 aliphatic carbocycles. The monoisotopic (exact) mass is 419 g/mol. The lowest BCUT2D eigenvalue weighted by Crippen LogP contribution is -2.29. The summed E-state index contributed by atoms with van der Waals surface area (Å²) in [5.41, 5.74) is 3.25. The third-order valence-electron chi connectivity index (χ3n) is 4.96. The summed E-state index contributed by atoms with van der Waals surface area (Å²) in [4.78, 5) is 30.3. The van der Waals surface area contributed by atoms with Gasteiger partial charge in [-0.15, -0.1) is 0 Å². The fourth-order valence-corrected chi connectivity index (χ4v) is 3.21. The number of aromatic nitrogens is 1. The molecule has 0 fully saturated rings. The van der Waals surface area contributed by atoms with Gasteiger partial charge in [-0.3, -0.25) is 19.5 Å². The summed E-state index contributed by atoms with van der Waals surface area (Å²) in [6, 6.07) is 19.1. The number of amides is 1. The van der Waals surface area contributed by atoms with E-state index in [-0.39, 0.29) is 17.5 Å². The topological polar surface area (TPSA) is 62.3 Å². The summed E-state index contributed by atoms with van der Waals surface area (Å²) < 4.78 is 13.2. The molecule has 1 heterocycles. The lowest BCUT2D eigenvalue weighted by molar-refractivity contribution is -0.116. The minimum absolute atomic E-state index is 0.0118. The Morgan fingerprint density at radius 1 is 0.968 bits per heavy atom. The number of carbonyl (C=O) groups excluding carboxylic acids is 2. The predicted octanol–water partition coefficient (Wildman–Crippen LogP) is 4.50. The Balaban J connectivity index is 1.57. The first-order valence-electron chi connectivity index (χ1n) is 10.3. The van der Waals surface area contributed by atoms with Gasteiger partial charge in [0.15, 0.2) is 5.78 Å². The average Bonchev–Trinajstić information content (AvgIpc) is 2.78. The van der Waals surface area contributed by atoms with Crippen molar-refractivity contribution >= 4 is 17.4 Å². The van der Waals surface area contributed by atoms with Crippen LogP contribution in [0.15, 0.2) is 72.9 Å². The molecule has 0 spiro atoms. The maximum Gasteiger partial charge on any atom is 0.225 e. The zero-order valence-electron chi connectivity index (χ0n) is 17.6. The SMILES string of the molecule is CC(=O)c1ccc(NC(=O)CCN(CCc2ccccn2)Cc2ccc(F)cc2)cc1. The van der Waals surface area contributed by atoms with Crippen molar-refractivity contribution in [1.82, 2.24) is 9.88 Å². The molecule has 0 aliphatic heterocycles. The Bertz CT molecular complexity index is 990. The molecule has 0 atom stereocenters. The summed E-state index contributed by atoms with van der Waals surface area (Å²) in [5.74, 6) is -0.376. The largest absolute Gasteiger partial charge is 0.326 e. The predicted molar refractivity (Wildman–Crippen MR) is 119 cm³/mol. The Morgan fingerprint density at radius 2 is 1.71 bits per heavy atom. The van der Waals surface area contributed by atoms with Crippen LogP contribution < -0.4 is 5.32 Å². The van der Waals surface area contributed by atoms with Gasteiger partial charge in [0, 0.05) is 55.6 Å². The second-order valence-electron chi connectivity index (χ2n) is 7.41. The molecule has 0 radical (unpaired) electrons. The molecule has 6 heteroatoms. The van der Waals surface area contributed by atoms with E-state index >= 15 is 0 Å². The first-order valence-corrected chi connectivity index (χ1v) is 10.3. The van der Waals surface area contributed by atoms with Crippen molar-refractivity contribution in [2.24, 2.45) is 0 Å². The second kappa shape index (κ2) is 11.1. The number of nitrogens with one attached hydrogen (secondary N) is 1. The number of rotatable bonds is 10. The highest BCUT2D eigenvalue weighted by atomic mass is 19.1. The minimum Gasteiger partial charge on any atom is -0.326 e. The molecule has 5 nitrogen and oxygen atoms in total. The first-order chi connectivity index (χ1) is 15.0. The van der Waals surface area contributed by atoms with Crippen LogP contribution in [0.2, 0.25) is 0 Å². The van der Waals surface area contributed by atoms with Gasteiger partial charge in [-0.25, -0.2) is 4.39 Å². The molecule has 1 amide bonds. The van der Waals surface area contributed by atoms with Crippen molar-refractivity contribution in [3.05, 3.63) is 95.6 Å². The third kappa shape index (κ3) is 7.42. The number of hydrogen-bond donors (Lipinski definition) is 1. The molecule has 160 valence electrons. The van der Waals surface area contributed by atoms with E-state index in [9.17, 15) is 14.0 Å². The van der Waals surface area contributed by atoms with Crippen molar-refractivity contribution < 1.29 is 14.0 Å². The van der Waals surface area contributed by atoms with Crippen LogP contribution in [0, 0.1) is 5.82 Å². The highest BCUT2D eigenvalue weighted by Gasteiger charge is 2.11. The van der Waals surface area contributed by atoms with Crippen LogP contribution in [0.5, 0.6) is 0 Å². The Morgan fingerprint density at radius 3 is 2.35 bits per heavy atom. The number of benzene rings is 2. The van der Waals surface area contributed by atoms with E-state index < -0.39 is 0 Å². The number of halogens is 1. The Kier molecular flexibility index (Phi) is 8.01. The summed E-state index contributed by atoms with van der Waals surface area (Å²) >= 11 is 0. The molecule has 1 aromatic heterocycles. The number of nitrogens with zero attached hydrogens (tertiary/aromatic N) is 2. The molecule has 0 unspecified atom stereocenters. The normalized spacial score (nSPS) is 10.8. The van der Waals surface area contributed by atoms with Gasteiger partial charge in [0.25, 0.3) is 0 Å². The minimum atomic E-state index is -0.265. The van der Waals surface area contributed by atoms with Gasteiger partial charge in [-0.05, 0) is 61.0 Å². The van der Waals surface area contributed by atoms with Crippen molar-refractivity contribution in [2.75, 3.05) is 18.4 Å². The summed E-state index contributed by atoms with van der Waals surface area (Å²) in [6.07, 6.45) is 2.85. The van der Waals surface area contributed by atoms with Gasteiger partial charge in [-0.2, -0.15) is 0 Å². The van der Waals surface area contributed by atoms with Crippen LogP contribution in [0.25, 0.3) is 0 Å². The Labute approximate surface area is 181 Å². The van der Waals surface area contributed by atoms with E-state index in [2.05, 4.69) is 15.2 Å². The van der Waals surface area contributed by atoms with Gasteiger partial charge in [0.05, 0.1) is 0 Å². The van der Waals surface area contributed by atoms with Crippen LogP contribution in [-0.2, 0) is 17.8 Å². The maximum atomic E-state index is 13.2. The summed E-state index contributed by atoms with van der Waals surface area (Å²) in [5, 5.41) is 2.87. The van der Waals surface area contributed by atoms with Gasteiger partial charge >= 0.3 is 0 Å². The highest BCUT2D eigenvalue weighted by molar-refractivity contribution is 5.95. The molecular formula is C25H26FN3O2. The van der Waals surface area contributed by atoms with E-state index in [0.29, 0.717) is 30.8 Å². The lowest BCUT2D eigenvalue weighted by Gasteiger charge is -2.22. The molecule has 1 N–H and O–H groups in total. The van der Waals surface area contributed by atoms with E-state index in [4.69, 9.17) is 0 Å². The molecule has 2 aromatic carbocycles. The summed E-state index contributed by atoms with van der Waals surface area (Å²) in [7, 11) is 0. The van der Waals surface area contributed by atoms with Crippen molar-refractivity contribution in [3.63, 3.8) is 0 Å². The quantitative estimate of drug-likeness (QED) is 0.492. The van der Waals surface area contributed by atoms with E-state index in [1.807, 2.05) is 18.2 Å². The number of hydrogen-bond acceptors (Lipinski definition) is 4. The van der Waals surface area contributed by atoms with Crippen molar-refractivity contribution in [3.8, 4) is 0 Å². The number of ketones is 1. The Hall–Kier alpha value is -3.38. The lowest BCUT2D eigenvalue weighted by atomic mass is 10.1. The van der Waals surface area contributed by atoms with Crippen LogP contribution in [0.3, 0.4) is 0 Å². The molecule has 0 saturated carbocycles. The second-order valence-corrected chi connectivity index (χ2v) is 7.41. The van der Waals surface area contributed by atoms with Crippen LogP contribution in [0.1, 0.15) is 35.0 Å². The fraction of sp³-hybridized carbons (Fsp3) is 0.240. The molecule has 0 saturated heterocycles. The highest BCUT2D eigenvalue weighted by Crippen LogP contribution is 2.12. The van der Waals surface area contributed by atoms with E-state index in [1.165, 1.54) is 19.1 Å². The summed E-state index contributed by atoms with van der Waals surface area (Å²) in [6.45, 7) is 3.42. The van der Waals surface area contributed by atoms with Crippen molar-refractivity contribution in [1.29, 1.82) is 0 Å². The zero-order chi connectivity index (χ0) is 22.1. The fourth-order valence-electron chi connectivity index (χ4n) is 3.21. The van der Waals surface area contributed by atoms with E-state index in [1.54, 1.807) is 42.6 Å². The van der Waals surface area contributed by atoms with E-state index in [0.717, 1.165) is 24.2 Å². The number of anilines is 1. The standard InChI is InChI=1S/C25H26FN3O2/c1-19(30)21-7-11-24(12-8-21)28-25(31)14-17-29(16-13-23-4-2-3-15-27-23)18-20-5-9-22(26)10-6-20/h2-12,15H,13-14,16-18H2,1H3,(H,28,31). The number of carbonyl (C=O) groups is 2. The van der Waals surface area contributed by atoms with Gasteiger partial charge in [-0.1, -0.05) is 18.2 Å². The molecule has 3 rings (SSSR count). The number of Topliss-reactive ketones (excluding diaryl/α,β-unsaturated/α-hetero) is 1. The van der Waals surface area contributed by atoms with Gasteiger partial charge in [0.1, 0.15) is 5.82 Å². The first kappa shape index (κ1) is 22.3. The smallest absolute Gasteiger partial charge is 0.225 e. The average molecular weight is 420 g/mol. The van der Waals surface area contributed by atoms with Crippen molar-refractivity contribution in [2.45, 2.75) is 26.3 Å². The maximum absolute atomic E-state index is 13.2. The van der Waals surface area contributed by atoms with Crippen LogP contribution >= 0.6 is 0 Å². The molecule has 31 heavy (non-hydrogen) atoms. The molecule has 0 bridgehead atoms. The van der Waals surface area contributed by atoms with Crippen LogP contribution in [-0.4, -0.2) is 34.7 Å². The van der Waals surface area contributed by atoms with Gasteiger partial charge < -0.3 is 5.32 Å².